The van der Waals surface area contributed by atoms with Gasteiger partial charge in [-0.2, -0.15) is 8.42 Å². The number of esters is 4. The molecule has 0 N–H and O–H groups in total. The predicted octanol–water partition coefficient (Wildman–Crippen LogP) is 5.25. The molecule has 7 atom stereocenters. The maximum Gasteiger partial charge on any atom is 0.303 e. The number of allylic oxidation sites excluding steroid dienone is 2. The fourth-order valence-electron chi connectivity index (χ4n) is 6.94. The molecule has 1 aliphatic carbocycles. The highest BCUT2D eigenvalue weighted by Gasteiger charge is 2.52. The number of carbonyl (C=O) groups is 4. The van der Waals surface area contributed by atoms with Crippen molar-refractivity contribution < 1.29 is 55.5 Å². The molecule has 2 aliphatic rings. The minimum Gasteiger partial charge on any atom is -0.463 e. The number of hydrogen-bond acceptors (Lipinski definition) is 12. The Morgan fingerprint density at radius 3 is 2.04 bits per heavy atom. The van der Waals surface area contributed by atoms with Gasteiger partial charge in [0, 0.05) is 27.7 Å². The van der Waals surface area contributed by atoms with Gasteiger partial charge in [0.2, 0.25) is 0 Å². The van der Waals surface area contributed by atoms with Gasteiger partial charge in [-0.25, -0.2) is 0 Å². The van der Waals surface area contributed by atoms with Crippen LogP contribution in [0.2, 0.25) is 0 Å². The van der Waals surface area contributed by atoms with E-state index in [-0.39, 0.29) is 25.0 Å². The van der Waals surface area contributed by atoms with Crippen LogP contribution in [0.3, 0.4) is 0 Å². The molecular weight excluding hydrogens is 692 g/mol. The summed E-state index contributed by atoms with van der Waals surface area (Å²) in [5, 5.41) is 0. The maximum absolute atomic E-state index is 12.4. The lowest BCUT2D eigenvalue weighted by Gasteiger charge is -2.46. The summed E-state index contributed by atoms with van der Waals surface area (Å²) in [6, 6.07) is 14.3. The van der Waals surface area contributed by atoms with E-state index in [0.717, 1.165) is 34.1 Å². The van der Waals surface area contributed by atoms with Crippen molar-refractivity contribution >= 4 is 45.6 Å². The Morgan fingerprint density at radius 1 is 0.827 bits per heavy atom. The first kappa shape index (κ1) is 40.4. The zero-order valence-electron chi connectivity index (χ0n) is 30.7. The highest BCUT2D eigenvalue weighted by atomic mass is 32.2. The average Bonchev–Trinajstić information content (AvgIpc) is 3.04. The molecule has 0 aromatic heterocycles. The fourth-order valence-corrected chi connectivity index (χ4v) is 7.34. The van der Waals surface area contributed by atoms with Crippen LogP contribution in [-0.2, 0) is 63.6 Å². The molecule has 1 fully saturated rings. The summed E-state index contributed by atoms with van der Waals surface area (Å²) in [4.78, 5) is 48.7. The number of hydrogen-bond donors (Lipinski definition) is 0. The van der Waals surface area contributed by atoms with E-state index in [2.05, 4.69) is 44.2 Å². The van der Waals surface area contributed by atoms with E-state index >= 15 is 0 Å². The van der Waals surface area contributed by atoms with Crippen molar-refractivity contribution in [2.75, 3.05) is 19.5 Å². The summed E-state index contributed by atoms with van der Waals surface area (Å²) < 4.78 is 55.8. The van der Waals surface area contributed by atoms with Crippen LogP contribution in [0.15, 0.2) is 54.6 Å². The van der Waals surface area contributed by atoms with Gasteiger partial charge in [-0.1, -0.05) is 67.6 Å². The number of ether oxygens (including phenoxy) is 5. The summed E-state index contributed by atoms with van der Waals surface area (Å²) in [6.45, 7) is 8.88. The van der Waals surface area contributed by atoms with Gasteiger partial charge < -0.3 is 23.7 Å². The van der Waals surface area contributed by atoms with Crippen LogP contribution in [0, 0.1) is 12.8 Å². The average molecular weight is 741 g/mol. The fraction of sp³-hybridized carbons (Fsp3) is 0.487. The lowest BCUT2D eigenvalue weighted by molar-refractivity contribution is -0.254. The van der Waals surface area contributed by atoms with Gasteiger partial charge >= 0.3 is 23.9 Å². The van der Waals surface area contributed by atoms with Gasteiger partial charge in [-0.05, 0) is 71.4 Å². The molecule has 2 aromatic rings. The van der Waals surface area contributed by atoms with Crippen LogP contribution in [0.1, 0.15) is 81.2 Å². The van der Waals surface area contributed by atoms with E-state index < -0.39 is 64.5 Å². The van der Waals surface area contributed by atoms with E-state index in [4.69, 9.17) is 27.9 Å². The zero-order valence-corrected chi connectivity index (χ0v) is 31.5. The SMILES string of the molecule is CC(=O)OCC1OC(CC2c3cccc(C)c3C(Cc3ccc(C=CCCOS(C)(=O)=O)cc3)=CC2C)C(OC(C)=O)C(OC(C)=O)C1OC(C)=O. The first-order valence-electron chi connectivity index (χ1n) is 17.2. The summed E-state index contributed by atoms with van der Waals surface area (Å²) in [6.07, 6.45) is 3.19. The van der Waals surface area contributed by atoms with E-state index in [9.17, 15) is 27.6 Å². The number of aryl methyl sites for hydroxylation is 1. The Morgan fingerprint density at radius 2 is 1.44 bits per heavy atom. The van der Waals surface area contributed by atoms with Crippen molar-refractivity contribution in [2.24, 2.45) is 5.92 Å². The molecule has 0 saturated carbocycles. The highest BCUT2D eigenvalue weighted by Crippen LogP contribution is 2.45. The van der Waals surface area contributed by atoms with Crippen molar-refractivity contribution in [3.05, 3.63) is 82.4 Å². The molecule has 0 bridgehead atoms. The maximum atomic E-state index is 12.4. The molecule has 7 unspecified atom stereocenters. The Balaban J connectivity index is 1.62. The highest BCUT2D eigenvalue weighted by molar-refractivity contribution is 7.85. The molecule has 1 aliphatic heterocycles. The summed E-state index contributed by atoms with van der Waals surface area (Å²) >= 11 is 0. The summed E-state index contributed by atoms with van der Waals surface area (Å²) in [5.74, 6) is -2.66. The molecule has 13 heteroatoms. The standard InChI is InChI=1S/C39H48O12S/c1-23-11-10-13-32-33(24(2)19-31(36(23)32)20-30-16-14-29(15-17-30)12-8-9-18-47-52(7,44)45)21-34-37(48-26(4)41)39(50-28(6)43)38(49-27(5)42)35(51-34)22-46-25(3)40/h8,10-17,19,24,33-35,37-39H,9,18,20-22H2,1-7H3. The smallest absolute Gasteiger partial charge is 0.303 e. The Hall–Kier alpha value is -4.33. The Bertz CT molecular complexity index is 1780. The first-order valence-corrected chi connectivity index (χ1v) is 19.0. The third-order valence-corrected chi connectivity index (χ3v) is 9.56. The van der Waals surface area contributed by atoms with Crippen LogP contribution >= 0.6 is 0 Å². The van der Waals surface area contributed by atoms with E-state index in [1.165, 1.54) is 33.3 Å². The van der Waals surface area contributed by atoms with Gasteiger partial charge in [0.15, 0.2) is 18.3 Å². The second-order valence-electron chi connectivity index (χ2n) is 13.3. The van der Waals surface area contributed by atoms with E-state index in [1.807, 2.05) is 30.4 Å². The lowest BCUT2D eigenvalue weighted by atomic mass is 9.71. The minimum atomic E-state index is -3.46. The van der Waals surface area contributed by atoms with Gasteiger partial charge in [0.05, 0.1) is 19.0 Å². The number of fused-ring (bicyclic) bond motifs is 1. The third kappa shape index (κ3) is 11.3. The summed E-state index contributed by atoms with van der Waals surface area (Å²) in [5.41, 5.74) is 6.57. The second kappa shape index (κ2) is 17.9. The van der Waals surface area contributed by atoms with Crippen molar-refractivity contribution in [1.29, 1.82) is 0 Å². The van der Waals surface area contributed by atoms with Crippen LogP contribution < -0.4 is 0 Å². The lowest BCUT2D eigenvalue weighted by Crippen LogP contribution is -2.62. The number of rotatable bonds is 14. The predicted molar refractivity (Wildman–Crippen MR) is 192 cm³/mol. The number of benzene rings is 2. The molecule has 52 heavy (non-hydrogen) atoms. The van der Waals surface area contributed by atoms with Gasteiger partial charge in [0.1, 0.15) is 12.7 Å². The number of carbonyl (C=O) groups excluding carboxylic acids is 4. The summed E-state index contributed by atoms with van der Waals surface area (Å²) in [7, 11) is -3.46. The molecule has 12 nitrogen and oxygen atoms in total. The van der Waals surface area contributed by atoms with Crippen LogP contribution in [0.4, 0.5) is 0 Å². The van der Waals surface area contributed by atoms with Gasteiger partial charge in [-0.15, -0.1) is 0 Å². The Kier molecular flexibility index (Phi) is 13.9. The van der Waals surface area contributed by atoms with E-state index in [1.54, 1.807) is 0 Å². The normalized spacial score (nSPS) is 24.4. The molecule has 1 heterocycles. The van der Waals surface area contributed by atoms with Crippen molar-refractivity contribution in [2.45, 2.75) is 97.2 Å². The third-order valence-electron chi connectivity index (χ3n) is 8.96. The molecule has 4 rings (SSSR count). The molecule has 0 radical (unpaired) electrons. The van der Waals surface area contributed by atoms with Crippen LogP contribution in [0.5, 0.6) is 0 Å². The van der Waals surface area contributed by atoms with Crippen LogP contribution in [-0.4, -0.2) is 82.3 Å². The largest absolute Gasteiger partial charge is 0.463 e. The first-order chi connectivity index (χ1) is 24.5. The quantitative estimate of drug-likeness (QED) is 0.107. The van der Waals surface area contributed by atoms with Crippen molar-refractivity contribution in [3.63, 3.8) is 0 Å². The Labute approximate surface area is 305 Å². The van der Waals surface area contributed by atoms with E-state index in [0.29, 0.717) is 19.3 Å². The van der Waals surface area contributed by atoms with Crippen LogP contribution in [0.25, 0.3) is 11.6 Å². The molecule has 0 amide bonds. The molecule has 282 valence electrons. The van der Waals surface area contributed by atoms with Crippen molar-refractivity contribution in [3.8, 4) is 0 Å². The topological polar surface area (TPSA) is 158 Å². The van der Waals surface area contributed by atoms with Crippen molar-refractivity contribution in [1.82, 2.24) is 0 Å². The molecule has 1 saturated heterocycles. The molecule has 2 aromatic carbocycles. The molecule has 0 spiro atoms. The minimum absolute atomic E-state index is 0.00697. The van der Waals surface area contributed by atoms with Gasteiger partial charge in [0.25, 0.3) is 10.1 Å². The monoisotopic (exact) mass is 740 g/mol. The van der Waals surface area contributed by atoms with Gasteiger partial charge in [-0.3, -0.25) is 23.4 Å². The molecular formula is C39H48O12S. The zero-order chi connectivity index (χ0) is 38.2. The second-order valence-corrected chi connectivity index (χ2v) is 14.9.